The first-order valence-electron chi connectivity index (χ1n) is 3.73. The molecule has 0 aliphatic carbocycles. The van der Waals surface area contributed by atoms with Crippen LogP contribution in [0, 0.1) is 0 Å². The van der Waals surface area contributed by atoms with E-state index in [0.717, 1.165) is 17.6 Å². The first-order chi connectivity index (χ1) is 5.02. The molecule has 11 heavy (non-hydrogen) atoms. The van der Waals surface area contributed by atoms with E-state index in [1.807, 2.05) is 0 Å². The van der Waals surface area contributed by atoms with Crippen LogP contribution in [0.15, 0.2) is 11.1 Å². The quantitative estimate of drug-likeness (QED) is 0.755. The van der Waals surface area contributed by atoms with Crippen LogP contribution in [0.2, 0.25) is 0 Å². The zero-order valence-electron chi connectivity index (χ0n) is 7.52. The highest BCUT2D eigenvalue weighted by molar-refractivity contribution is 9.11. The van der Waals surface area contributed by atoms with Crippen LogP contribution in [0.4, 0.5) is 0 Å². The molecule has 0 amide bonds. The molecule has 0 saturated heterocycles. The van der Waals surface area contributed by atoms with E-state index in [1.54, 1.807) is 0 Å². The van der Waals surface area contributed by atoms with Gasteiger partial charge in [-0.25, -0.2) is 0 Å². The van der Waals surface area contributed by atoms with Gasteiger partial charge in [0.1, 0.15) is 0 Å². The van der Waals surface area contributed by atoms with Crippen LogP contribution in [-0.2, 0) is 0 Å². The minimum absolute atomic E-state index is 0.513. The van der Waals surface area contributed by atoms with Gasteiger partial charge in [-0.05, 0) is 21.0 Å². The van der Waals surface area contributed by atoms with E-state index < -0.39 is 0 Å². The number of hydrogen-bond donors (Lipinski definition) is 1. The number of nitrogens with one attached hydrogen (secondary N) is 1. The summed E-state index contributed by atoms with van der Waals surface area (Å²) in [6.07, 6.45) is 0. The number of likely N-dealkylation sites (N-methyl/N-ethyl adjacent to an activating group) is 1. The van der Waals surface area contributed by atoms with Crippen molar-refractivity contribution in [2.24, 2.45) is 0 Å². The van der Waals surface area contributed by atoms with Gasteiger partial charge in [-0.1, -0.05) is 22.5 Å². The molecule has 0 aliphatic rings. The summed E-state index contributed by atoms with van der Waals surface area (Å²) in [4.78, 5) is 2.16. The maximum absolute atomic E-state index is 3.75. The fraction of sp³-hybridized carbons (Fsp3) is 0.750. The lowest BCUT2D eigenvalue weighted by molar-refractivity contribution is 0.355. The van der Waals surface area contributed by atoms with E-state index in [0.29, 0.717) is 6.04 Å². The van der Waals surface area contributed by atoms with Gasteiger partial charge in [0.2, 0.25) is 0 Å². The molecule has 0 aromatic rings. The maximum atomic E-state index is 3.75. The Morgan fingerprint density at radius 1 is 1.64 bits per heavy atom. The van der Waals surface area contributed by atoms with Crippen molar-refractivity contribution in [1.29, 1.82) is 0 Å². The second kappa shape index (κ2) is 5.75. The van der Waals surface area contributed by atoms with Gasteiger partial charge in [0.15, 0.2) is 0 Å². The molecule has 1 N–H and O–H groups in total. The largest absolute Gasteiger partial charge is 0.308 e. The third kappa shape index (κ3) is 8.04. The molecule has 0 aromatic carbocycles. The Balaban J connectivity index is 3.37. The first kappa shape index (κ1) is 11.1. The van der Waals surface area contributed by atoms with Crippen LogP contribution in [0.25, 0.3) is 0 Å². The van der Waals surface area contributed by atoms with Crippen LogP contribution in [-0.4, -0.2) is 38.1 Å². The highest BCUT2D eigenvalue weighted by atomic mass is 79.9. The summed E-state index contributed by atoms with van der Waals surface area (Å²) in [5, 5.41) is 3.33. The second-order valence-corrected chi connectivity index (χ2v) is 4.18. The molecule has 0 fully saturated rings. The van der Waals surface area contributed by atoms with Crippen LogP contribution in [0.1, 0.15) is 6.92 Å². The van der Waals surface area contributed by atoms with Crippen molar-refractivity contribution in [3.05, 3.63) is 11.1 Å². The third-order valence-corrected chi connectivity index (χ3v) is 1.56. The molecule has 0 radical (unpaired) electrons. The van der Waals surface area contributed by atoms with Gasteiger partial charge in [-0.3, -0.25) is 0 Å². The van der Waals surface area contributed by atoms with Crippen molar-refractivity contribution in [3.63, 3.8) is 0 Å². The smallest absolute Gasteiger partial charge is 0.0268 e. The van der Waals surface area contributed by atoms with Crippen LogP contribution >= 0.6 is 15.9 Å². The number of rotatable bonds is 5. The summed E-state index contributed by atoms with van der Waals surface area (Å²) in [7, 11) is 4.14. The number of hydrogen-bond acceptors (Lipinski definition) is 2. The van der Waals surface area contributed by atoms with E-state index in [-0.39, 0.29) is 0 Å². The van der Waals surface area contributed by atoms with Gasteiger partial charge < -0.3 is 10.2 Å². The Hall–Kier alpha value is 0.140. The summed E-state index contributed by atoms with van der Waals surface area (Å²) in [5.74, 6) is 0. The van der Waals surface area contributed by atoms with E-state index in [2.05, 4.69) is 53.7 Å². The Bertz CT molecular complexity index is 123. The molecule has 66 valence electrons. The minimum Gasteiger partial charge on any atom is -0.308 e. The predicted molar refractivity (Wildman–Crippen MR) is 54.1 cm³/mol. The van der Waals surface area contributed by atoms with Gasteiger partial charge >= 0.3 is 0 Å². The Labute approximate surface area is 77.8 Å². The fourth-order valence-electron chi connectivity index (χ4n) is 0.897. The molecule has 0 aliphatic heterocycles. The van der Waals surface area contributed by atoms with E-state index in [1.165, 1.54) is 0 Å². The molecule has 2 nitrogen and oxygen atoms in total. The molecular weight excluding hydrogens is 204 g/mol. The summed E-state index contributed by atoms with van der Waals surface area (Å²) < 4.78 is 1.00. The normalized spacial score (nSPS) is 13.5. The van der Waals surface area contributed by atoms with Gasteiger partial charge in [0.05, 0.1) is 0 Å². The molecule has 0 bridgehead atoms. The molecule has 0 aromatic heterocycles. The van der Waals surface area contributed by atoms with Crippen LogP contribution in [0.5, 0.6) is 0 Å². The van der Waals surface area contributed by atoms with Crippen molar-refractivity contribution in [2.75, 3.05) is 27.2 Å². The lowest BCUT2D eigenvalue weighted by Gasteiger charge is -2.17. The van der Waals surface area contributed by atoms with Crippen molar-refractivity contribution in [3.8, 4) is 0 Å². The van der Waals surface area contributed by atoms with Gasteiger partial charge in [0.25, 0.3) is 0 Å². The molecule has 3 heteroatoms. The zero-order valence-corrected chi connectivity index (χ0v) is 9.11. The molecule has 1 unspecified atom stereocenters. The second-order valence-electron chi connectivity index (χ2n) is 3.06. The zero-order chi connectivity index (χ0) is 8.85. The standard InChI is InChI=1S/C8H17BrN2/c1-7(9)5-10-8(2)6-11(3)4/h8,10H,1,5-6H2,2-4H3. The molecule has 0 rings (SSSR count). The lowest BCUT2D eigenvalue weighted by atomic mass is 10.3. The van der Waals surface area contributed by atoms with Crippen LogP contribution in [0.3, 0.4) is 0 Å². The molecular formula is C8H17BrN2. The lowest BCUT2D eigenvalue weighted by Crippen LogP contribution is -2.36. The summed E-state index contributed by atoms with van der Waals surface area (Å²) in [6, 6.07) is 0.513. The number of halogens is 1. The molecule has 0 heterocycles. The summed E-state index contributed by atoms with van der Waals surface area (Å²) in [5.41, 5.74) is 0. The Kier molecular flexibility index (Phi) is 5.82. The van der Waals surface area contributed by atoms with Crippen molar-refractivity contribution in [2.45, 2.75) is 13.0 Å². The van der Waals surface area contributed by atoms with E-state index >= 15 is 0 Å². The number of nitrogens with zero attached hydrogens (tertiary/aromatic N) is 1. The Morgan fingerprint density at radius 3 is 2.55 bits per heavy atom. The van der Waals surface area contributed by atoms with Gasteiger partial charge in [0, 0.05) is 23.6 Å². The fourth-order valence-corrected chi connectivity index (χ4v) is 1.06. The monoisotopic (exact) mass is 220 g/mol. The third-order valence-electron chi connectivity index (χ3n) is 1.28. The van der Waals surface area contributed by atoms with E-state index in [4.69, 9.17) is 0 Å². The van der Waals surface area contributed by atoms with Crippen molar-refractivity contribution < 1.29 is 0 Å². The molecule has 0 saturated carbocycles. The highest BCUT2D eigenvalue weighted by Gasteiger charge is 2.01. The molecule has 1 atom stereocenters. The predicted octanol–water partition coefficient (Wildman–Crippen LogP) is 1.43. The highest BCUT2D eigenvalue weighted by Crippen LogP contribution is 1.97. The maximum Gasteiger partial charge on any atom is 0.0268 e. The first-order valence-corrected chi connectivity index (χ1v) is 4.53. The van der Waals surface area contributed by atoms with E-state index in [9.17, 15) is 0 Å². The molecule has 0 spiro atoms. The topological polar surface area (TPSA) is 15.3 Å². The minimum atomic E-state index is 0.513. The van der Waals surface area contributed by atoms with Gasteiger partial charge in [-0.2, -0.15) is 0 Å². The summed E-state index contributed by atoms with van der Waals surface area (Å²) >= 11 is 3.30. The van der Waals surface area contributed by atoms with Crippen molar-refractivity contribution >= 4 is 15.9 Å². The SMILES string of the molecule is C=C(Br)CNC(C)CN(C)C. The van der Waals surface area contributed by atoms with Crippen molar-refractivity contribution in [1.82, 2.24) is 10.2 Å². The Morgan fingerprint density at radius 2 is 2.18 bits per heavy atom. The average Bonchev–Trinajstić information content (AvgIpc) is 1.82. The van der Waals surface area contributed by atoms with Crippen LogP contribution < -0.4 is 5.32 Å². The summed E-state index contributed by atoms with van der Waals surface area (Å²) in [6.45, 7) is 7.81. The van der Waals surface area contributed by atoms with Gasteiger partial charge in [-0.15, -0.1) is 0 Å². The average molecular weight is 221 g/mol.